The number of aryl methyl sites for hydroxylation is 2. The summed E-state index contributed by atoms with van der Waals surface area (Å²) in [7, 11) is 1.68. The Morgan fingerprint density at radius 2 is 1.79 bits per heavy atom. The average molecular weight is 375 g/mol. The Kier molecular flexibility index (Phi) is 7.12. The largest absolute Gasteiger partial charge is 0.493 e. The molecule has 0 aromatic heterocycles. The van der Waals surface area contributed by atoms with Crippen molar-refractivity contribution in [1.82, 2.24) is 0 Å². The fourth-order valence-corrected chi connectivity index (χ4v) is 3.27. The van der Waals surface area contributed by atoms with Gasteiger partial charge in [-0.3, -0.25) is 0 Å². The van der Waals surface area contributed by atoms with E-state index in [1.807, 2.05) is 12.1 Å². The summed E-state index contributed by atoms with van der Waals surface area (Å²) in [6.07, 6.45) is 15.7. The van der Waals surface area contributed by atoms with E-state index in [0.717, 1.165) is 47.6 Å². The molecule has 1 unspecified atom stereocenters. The van der Waals surface area contributed by atoms with Gasteiger partial charge >= 0.3 is 0 Å². The van der Waals surface area contributed by atoms with Crippen molar-refractivity contribution in [2.24, 2.45) is 5.41 Å². The van der Waals surface area contributed by atoms with E-state index in [2.05, 4.69) is 76.6 Å². The highest BCUT2D eigenvalue weighted by molar-refractivity contribution is 5.76. The topological polar surface area (TPSA) is 18.5 Å². The zero-order chi connectivity index (χ0) is 20.7. The molecule has 0 spiro atoms. The van der Waals surface area contributed by atoms with Crippen LogP contribution in [-0.4, -0.2) is 7.11 Å². The molecule has 0 bridgehead atoms. The van der Waals surface area contributed by atoms with Crippen LogP contribution >= 0.6 is 0 Å². The van der Waals surface area contributed by atoms with Gasteiger partial charge in [0.2, 0.25) is 0 Å². The van der Waals surface area contributed by atoms with E-state index in [4.69, 9.17) is 9.47 Å². The first kappa shape index (κ1) is 21.4. The molecular weight excluding hydrogens is 344 g/mol. The first-order chi connectivity index (χ1) is 13.4. The molecule has 28 heavy (non-hydrogen) atoms. The minimum Gasteiger partial charge on any atom is -0.493 e. The second-order valence-corrected chi connectivity index (χ2v) is 7.44. The third-order valence-electron chi connectivity index (χ3n) is 5.44. The smallest absolute Gasteiger partial charge is 0.169 e. The number of hydrogen-bond donors (Lipinski definition) is 0. The van der Waals surface area contributed by atoms with Crippen LogP contribution in [0.4, 0.5) is 0 Å². The van der Waals surface area contributed by atoms with Gasteiger partial charge in [0.15, 0.2) is 11.5 Å². The lowest BCUT2D eigenvalue weighted by Gasteiger charge is -2.28. The summed E-state index contributed by atoms with van der Waals surface area (Å²) < 4.78 is 11.7. The minimum absolute atomic E-state index is 0.207. The Morgan fingerprint density at radius 3 is 2.39 bits per heavy atom. The van der Waals surface area contributed by atoms with Gasteiger partial charge in [-0.05, 0) is 72.6 Å². The number of methoxy groups -OCH3 is 1. The van der Waals surface area contributed by atoms with Gasteiger partial charge in [-0.15, -0.1) is 12.8 Å². The first-order valence-electron chi connectivity index (χ1n) is 9.61. The fraction of sp³-hybridized carbons (Fsp3) is 0.308. The quantitative estimate of drug-likeness (QED) is 0.538. The molecule has 2 nitrogen and oxygen atoms in total. The number of ether oxygens (including phenoxy) is 2. The van der Waals surface area contributed by atoms with Crippen molar-refractivity contribution in [3.63, 3.8) is 0 Å². The van der Waals surface area contributed by atoms with Crippen LogP contribution in [-0.2, 0) is 6.42 Å². The van der Waals surface area contributed by atoms with Crippen molar-refractivity contribution < 1.29 is 9.47 Å². The summed E-state index contributed by atoms with van der Waals surface area (Å²) in [4.78, 5) is 0. The van der Waals surface area contributed by atoms with Gasteiger partial charge in [-0.25, -0.2) is 0 Å². The molecule has 0 saturated heterocycles. The van der Waals surface area contributed by atoms with E-state index in [1.54, 1.807) is 7.11 Å². The number of fused-ring (bicyclic) bond motifs is 1. The van der Waals surface area contributed by atoms with Crippen LogP contribution in [0.2, 0.25) is 0 Å². The Hall–Kier alpha value is -2.92. The van der Waals surface area contributed by atoms with E-state index in [1.165, 1.54) is 11.1 Å². The lowest BCUT2D eigenvalue weighted by atomic mass is 9.78. The molecule has 1 aliphatic rings. The summed E-state index contributed by atoms with van der Waals surface area (Å²) in [6, 6.07) is 12.3. The minimum atomic E-state index is 0.207. The maximum atomic E-state index is 6.13. The lowest BCUT2D eigenvalue weighted by Crippen LogP contribution is -2.15. The second kappa shape index (κ2) is 9.33. The van der Waals surface area contributed by atoms with Gasteiger partial charge in [0.1, 0.15) is 5.75 Å². The van der Waals surface area contributed by atoms with Gasteiger partial charge in [0.25, 0.3) is 0 Å². The number of benzene rings is 2. The standard InChI is InChI=1S/C24H28O2.C2H2/c1-6-24(4)13-11-18(3)21-16-22(25-5)23(15-19(21)12-14-24)26-20-9-7-17(2)8-10-20;1-2/h7-11,13,15-16H,3,6,12,14H2,1-2,4-5H3;1-2H/b13-11-;. The predicted octanol–water partition coefficient (Wildman–Crippen LogP) is 6.98. The van der Waals surface area contributed by atoms with Crippen molar-refractivity contribution in [3.05, 3.63) is 71.8 Å². The van der Waals surface area contributed by atoms with Gasteiger partial charge in [0, 0.05) is 0 Å². The fourth-order valence-electron chi connectivity index (χ4n) is 3.27. The van der Waals surface area contributed by atoms with E-state index in [9.17, 15) is 0 Å². The number of rotatable bonds is 4. The SMILES string of the molecule is C#C.C=C1/C=C\C(C)(CC)CCc2cc(Oc3ccc(C)cc3)c(OC)cc21. The number of terminal acetylenes is 1. The van der Waals surface area contributed by atoms with Crippen molar-refractivity contribution in [2.75, 3.05) is 7.11 Å². The molecule has 0 N–H and O–H groups in total. The van der Waals surface area contributed by atoms with Crippen molar-refractivity contribution in [2.45, 2.75) is 40.0 Å². The van der Waals surface area contributed by atoms with Crippen LogP contribution in [0.15, 0.2) is 55.1 Å². The second-order valence-electron chi connectivity index (χ2n) is 7.44. The van der Waals surface area contributed by atoms with Gasteiger partial charge in [-0.2, -0.15) is 0 Å². The molecule has 0 saturated carbocycles. The van der Waals surface area contributed by atoms with Crippen LogP contribution in [0.5, 0.6) is 17.2 Å². The molecular formula is C26H30O2. The Labute approximate surface area is 169 Å². The summed E-state index contributed by atoms with van der Waals surface area (Å²) in [5.74, 6) is 2.31. The maximum absolute atomic E-state index is 6.13. The van der Waals surface area contributed by atoms with E-state index in [-0.39, 0.29) is 5.41 Å². The molecule has 0 radical (unpaired) electrons. The first-order valence-corrected chi connectivity index (χ1v) is 9.61. The van der Waals surface area contributed by atoms with Crippen molar-refractivity contribution in [1.29, 1.82) is 0 Å². The zero-order valence-electron chi connectivity index (χ0n) is 17.4. The van der Waals surface area contributed by atoms with Gasteiger partial charge < -0.3 is 9.47 Å². The van der Waals surface area contributed by atoms with Crippen LogP contribution in [0, 0.1) is 25.2 Å². The Morgan fingerprint density at radius 1 is 1.11 bits per heavy atom. The van der Waals surface area contributed by atoms with Crippen LogP contribution < -0.4 is 9.47 Å². The molecule has 2 heteroatoms. The summed E-state index contributed by atoms with van der Waals surface area (Å²) in [6.45, 7) is 10.9. The predicted molar refractivity (Wildman–Crippen MR) is 119 cm³/mol. The Bertz CT molecular complexity index is 871. The maximum Gasteiger partial charge on any atom is 0.169 e. The molecule has 1 atom stereocenters. The molecule has 0 aliphatic heterocycles. The third-order valence-corrected chi connectivity index (χ3v) is 5.44. The van der Waals surface area contributed by atoms with E-state index < -0.39 is 0 Å². The van der Waals surface area contributed by atoms with Crippen LogP contribution in [0.1, 0.15) is 43.4 Å². The molecule has 3 rings (SSSR count). The Balaban J connectivity index is 0.00000136. The summed E-state index contributed by atoms with van der Waals surface area (Å²) in [5.41, 5.74) is 4.86. The van der Waals surface area contributed by atoms with Crippen LogP contribution in [0.25, 0.3) is 5.57 Å². The zero-order valence-corrected chi connectivity index (χ0v) is 17.4. The van der Waals surface area contributed by atoms with Gasteiger partial charge in [-0.1, -0.05) is 50.3 Å². The third kappa shape index (κ3) is 4.87. The molecule has 0 amide bonds. The molecule has 2 aromatic carbocycles. The highest BCUT2D eigenvalue weighted by Crippen LogP contribution is 2.40. The number of allylic oxidation sites excluding steroid dienone is 3. The molecule has 1 aliphatic carbocycles. The highest BCUT2D eigenvalue weighted by Gasteiger charge is 2.23. The molecule has 0 heterocycles. The molecule has 146 valence electrons. The van der Waals surface area contributed by atoms with Gasteiger partial charge in [0.05, 0.1) is 7.11 Å². The highest BCUT2D eigenvalue weighted by atomic mass is 16.5. The normalized spacial score (nSPS) is 19.3. The summed E-state index contributed by atoms with van der Waals surface area (Å²) in [5, 5.41) is 0. The van der Waals surface area contributed by atoms with Crippen LogP contribution in [0.3, 0.4) is 0 Å². The van der Waals surface area contributed by atoms with E-state index >= 15 is 0 Å². The molecule has 2 aromatic rings. The summed E-state index contributed by atoms with van der Waals surface area (Å²) >= 11 is 0. The number of hydrogen-bond acceptors (Lipinski definition) is 2. The van der Waals surface area contributed by atoms with E-state index in [0.29, 0.717) is 0 Å². The monoisotopic (exact) mass is 374 g/mol. The molecule has 0 fully saturated rings. The average Bonchev–Trinajstić information content (AvgIpc) is 2.72. The van der Waals surface area contributed by atoms with Crippen molar-refractivity contribution in [3.8, 4) is 30.1 Å². The lowest BCUT2D eigenvalue weighted by molar-refractivity contribution is 0.371. The van der Waals surface area contributed by atoms with Crippen molar-refractivity contribution >= 4 is 5.57 Å².